The Morgan fingerprint density at radius 3 is 2.68 bits per heavy atom. The number of phenolic OH excluding ortho intramolecular Hbond substituents is 1. The van der Waals surface area contributed by atoms with Gasteiger partial charge < -0.3 is 10.4 Å². The Morgan fingerprint density at radius 1 is 1.26 bits per heavy atom. The average molecular weight is 324 g/mol. The molecule has 0 unspecified atom stereocenters. The summed E-state index contributed by atoms with van der Waals surface area (Å²) in [6.45, 7) is 0. The summed E-state index contributed by atoms with van der Waals surface area (Å²) in [7, 11) is 0. The van der Waals surface area contributed by atoms with E-state index in [1.54, 1.807) is 18.2 Å². The van der Waals surface area contributed by atoms with Gasteiger partial charge in [-0.05, 0) is 29.8 Å². The number of aromatic hydroxyl groups is 1. The van der Waals surface area contributed by atoms with Crippen LogP contribution in [-0.4, -0.2) is 11.0 Å². The minimum atomic E-state index is -0.755. The minimum absolute atomic E-state index is 0.355. The lowest BCUT2D eigenvalue weighted by molar-refractivity contribution is 0.102. The molecule has 5 heteroatoms. The van der Waals surface area contributed by atoms with E-state index in [-0.39, 0.29) is 11.3 Å². The molecule has 2 aromatic carbocycles. The Bertz CT molecular complexity index is 596. The third-order valence-electron chi connectivity index (χ3n) is 2.56. The molecule has 0 spiro atoms. The molecule has 0 fully saturated rings. The number of alkyl halides is 1. The molecule has 98 valence electrons. The molecular weight excluding hydrogens is 313 g/mol. The maximum absolute atomic E-state index is 13.5. The van der Waals surface area contributed by atoms with Crippen LogP contribution in [0, 0.1) is 5.82 Å². The third-order valence-corrected chi connectivity index (χ3v) is 3.21. The molecule has 0 saturated heterocycles. The molecule has 1 amide bonds. The summed E-state index contributed by atoms with van der Waals surface area (Å²) in [4.78, 5) is 11.9. The van der Waals surface area contributed by atoms with Crippen molar-refractivity contribution in [1.29, 1.82) is 0 Å². The van der Waals surface area contributed by atoms with Crippen LogP contribution in [0.3, 0.4) is 0 Å². The van der Waals surface area contributed by atoms with Gasteiger partial charge in [0.05, 0.1) is 0 Å². The van der Waals surface area contributed by atoms with Crippen molar-refractivity contribution in [2.75, 3.05) is 5.32 Å². The highest BCUT2D eigenvalue weighted by Gasteiger charge is 2.16. The van der Waals surface area contributed by atoms with E-state index in [1.807, 2.05) is 6.07 Å². The van der Waals surface area contributed by atoms with Crippen LogP contribution in [0.5, 0.6) is 5.75 Å². The van der Waals surface area contributed by atoms with Gasteiger partial charge in [0.25, 0.3) is 5.91 Å². The quantitative estimate of drug-likeness (QED) is 0.846. The molecule has 0 radical (unpaired) electrons. The number of benzene rings is 2. The minimum Gasteiger partial charge on any atom is -0.507 e. The number of halogens is 2. The number of phenols is 1. The van der Waals surface area contributed by atoms with Crippen LogP contribution in [0.1, 0.15) is 15.9 Å². The first-order chi connectivity index (χ1) is 9.11. The molecular formula is C14H11BrFNO2. The maximum Gasteiger partial charge on any atom is 0.262 e. The van der Waals surface area contributed by atoms with Gasteiger partial charge >= 0.3 is 0 Å². The van der Waals surface area contributed by atoms with Gasteiger partial charge in [-0.1, -0.05) is 34.1 Å². The van der Waals surface area contributed by atoms with Crippen LogP contribution >= 0.6 is 15.9 Å². The summed E-state index contributed by atoms with van der Waals surface area (Å²) < 4.78 is 13.5. The second-order valence-corrected chi connectivity index (χ2v) is 4.48. The highest BCUT2D eigenvalue weighted by Crippen LogP contribution is 2.22. The number of carbonyl (C=O) groups excluding carboxylic acids is 1. The summed E-state index contributed by atoms with van der Waals surface area (Å²) in [6, 6.07) is 10.9. The molecule has 0 aliphatic rings. The van der Waals surface area contributed by atoms with Gasteiger partial charge in [0.2, 0.25) is 0 Å². The summed E-state index contributed by atoms with van der Waals surface area (Å²) in [6.07, 6.45) is 0. The molecule has 0 saturated carbocycles. The fraction of sp³-hybridized carbons (Fsp3) is 0.0714. The van der Waals surface area contributed by atoms with E-state index in [9.17, 15) is 14.3 Å². The van der Waals surface area contributed by atoms with E-state index in [4.69, 9.17) is 0 Å². The Labute approximate surface area is 118 Å². The lowest BCUT2D eigenvalue weighted by Gasteiger charge is -2.08. The van der Waals surface area contributed by atoms with Gasteiger partial charge in [-0.25, -0.2) is 4.39 Å². The summed E-state index contributed by atoms with van der Waals surface area (Å²) >= 11 is 3.31. The van der Waals surface area contributed by atoms with Crippen molar-refractivity contribution < 1.29 is 14.3 Å². The zero-order valence-electron chi connectivity index (χ0n) is 9.86. The summed E-state index contributed by atoms with van der Waals surface area (Å²) in [5, 5.41) is 12.7. The number of rotatable bonds is 3. The highest BCUT2D eigenvalue weighted by atomic mass is 79.9. The first-order valence-electron chi connectivity index (χ1n) is 5.55. The standard InChI is InChI=1S/C14H11BrFNO2/c15-8-9-3-1-4-10(7-9)17-14(19)13-11(16)5-2-6-12(13)18/h1-7,18H,8H2,(H,17,19). The number of carbonyl (C=O) groups is 1. The van der Waals surface area contributed by atoms with E-state index in [2.05, 4.69) is 21.2 Å². The van der Waals surface area contributed by atoms with E-state index in [1.165, 1.54) is 12.1 Å². The van der Waals surface area contributed by atoms with Crippen molar-refractivity contribution in [1.82, 2.24) is 0 Å². The van der Waals surface area contributed by atoms with Crippen LogP contribution < -0.4 is 5.32 Å². The van der Waals surface area contributed by atoms with E-state index in [0.29, 0.717) is 11.0 Å². The monoisotopic (exact) mass is 323 g/mol. The van der Waals surface area contributed by atoms with Gasteiger partial charge in [-0.15, -0.1) is 0 Å². The van der Waals surface area contributed by atoms with E-state index in [0.717, 1.165) is 11.6 Å². The van der Waals surface area contributed by atoms with Crippen LogP contribution in [0.4, 0.5) is 10.1 Å². The fourth-order valence-electron chi connectivity index (χ4n) is 1.66. The molecule has 0 aliphatic carbocycles. The molecule has 0 heterocycles. The average Bonchev–Trinajstić information content (AvgIpc) is 2.38. The van der Waals surface area contributed by atoms with Gasteiger partial charge in [-0.2, -0.15) is 0 Å². The lowest BCUT2D eigenvalue weighted by Crippen LogP contribution is -2.14. The zero-order chi connectivity index (χ0) is 13.8. The predicted molar refractivity (Wildman–Crippen MR) is 75.1 cm³/mol. The molecule has 2 N–H and O–H groups in total. The number of nitrogens with one attached hydrogen (secondary N) is 1. The number of amides is 1. The van der Waals surface area contributed by atoms with Crippen LogP contribution in [0.15, 0.2) is 42.5 Å². The third kappa shape index (κ3) is 3.12. The molecule has 0 atom stereocenters. The van der Waals surface area contributed by atoms with Crippen LogP contribution in [0.25, 0.3) is 0 Å². The molecule has 3 nitrogen and oxygen atoms in total. The normalized spacial score (nSPS) is 10.2. The SMILES string of the molecule is O=C(Nc1cccc(CBr)c1)c1c(O)cccc1F. The van der Waals surface area contributed by atoms with Crippen molar-refractivity contribution in [3.05, 3.63) is 59.4 Å². The van der Waals surface area contributed by atoms with Gasteiger partial charge in [-0.3, -0.25) is 4.79 Å². The van der Waals surface area contributed by atoms with Crippen molar-refractivity contribution in [3.63, 3.8) is 0 Å². The Kier molecular flexibility index (Phi) is 4.16. The van der Waals surface area contributed by atoms with E-state index >= 15 is 0 Å². The maximum atomic E-state index is 13.5. The van der Waals surface area contributed by atoms with Gasteiger partial charge in [0, 0.05) is 11.0 Å². The summed E-state index contributed by atoms with van der Waals surface area (Å²) in [5.41, 5.74) is 1.17. The molecule has 0 aromatic heterocycles. The molecule has 19 heavy (non-hydrogen) atoms. The number of hydrogen-bond acceptors (Lipinski definition) is 2. The molecule has 0 aliphatic heterocycles. The Hall–Kier alpha value is -1.88. The lowest BCUT2D eigenvalue weighted by atomic mass is 10.1. The second-order valence-electron chi connectivity index (χ2n) is 3.92. The predicted octanol–water partition coefficient (Wildman–Crippen LogP) is 3.68. The van der Waals surface area contributed by atoms with Crippen LogP contribution in [-0.2, 0) is 5.33 Å². The zero-order valence-corrected chi connectivity index (χ0v) is 11.4. The number of hydrogen-bond donors (Lipinski definition) is 2. The molecule has 2 rings (SSSR count). The second kappa shape index (κ2) is 5.84. The van der Waals surface area contributed by atoms with Gasteiger partial charge in [0.15, 0.2) is 0 Å². The Morgan fingerprint density at radius 2 is 2.00 bits per heavy atom. The number of anilines is 1. The largest absolute Gasteiger partial charge is 0.507 e. The van der Waals surface area contributed by atoms with Crippen LogP contribution in [0.2, 0.25) is 0 Å². The smallest absolute Gasteiger partial charge is 0.262 e. The van der Waals surface area contributed by atoms with E-state index < -0.39 is 11.7 Å². The van der Waals surface area contributed by atoms with Crippen molar-refractivity contribution in [2.24, 2.45) is 0 Å². The van der Waals surface area contributed by atoms with Crippen molar-refractivity contribution in [3.8, 4) is 5.75 Å². The topological polar surface area (TPSA) is 49.3 Å². The fourth-order valence-corrected chi connectivity index (χ4v) is 2.01. The molecule has 2 aromatic rings. The first-order valence-corrected chi connectivity index (χ1v) is 6.67. The first kappa shape index (κ1) is 13.5. The van der Waals surface area contributed by atoms with Gasteiger partial charge in [0.1, 0.15) is 17.1 Å². The summed E-state index contributed by atoms with van der Waals surface area (Å²) in [5.74, 6) is -1.81. The Balaban J connectivity index is 2.26. The van der Waals surface area contributed by atoms with Crippen molar-refractivity contribution in [2.45, 2.75) is 5.33 Å². The molecule has 0 bridgehead atoms. The van der Waals surface area contributed by atoms with Crippen molar-refractivity contribution >= 4 is 27.5 Å². The highest BCUT2D eigenvalue weighted by molar-refractivity contribution is 9.08.